The van der Waals surface area contributed by atoms with E-state index < -0.39 is 49.5 Å². The molecule has 0 radical (unpaired) electrons. The molecular formula is C32H29ClF5N7O5S. The normalized spacial score (nSPS) is 22.2. The Kier molecular flexibility index (Phi) is 7.07. The molecule has 4 aliphatic rings. The second-order valence-corrected chi connectivity index (χ2v) is 16.1. The Morgan fingerprint density at radius 2 is 1.90 bits per heavy atom. The van der Waals surface area contributed by atoms with E-state index in [9.17, 15) is 38.9 Å². The highest BCUT2D eigenvalue weighted by atomic mass is 35.5. The van der Waals surface area contributed by atoms with E-state index >= 15 is 0 Å². The van der Waals surface area contributed by atoms with Gasteiger partial charge in [0.1, 0.15) is 17.2 Å². The quantitative estimate of drug-likeness (QED) is 0.227. The molecule has 2 N–H and O–H groups in total. The molecule has 1 saturated carbocycles. The first-order valence-electron chi connectivity index (χ1n) is 16.0. The Morgan fingerprint density at radius 3 is 2.57 bits per heavy atom. The van der Waals surface area contributed by atoms with Gasteiger partial charge in [0.15, 0.2) is 11.5 Å². The molecule has 4 aromatic rings. The van der Waals surface area contributed by atoms with Crippen LogP contribution in [0.3, 0.4) is 0 Å². The number of fused-ring (bicyclic) bond motifs is 6. The predicted molar refractivity (Wildman–Crippen MR) is 176 cm³/mol. The minimum Gasteiger partial charge on any atom is -0.505 e. The lowest BCUT2D eigenvalue weighted by Crippen LogP contribution is -2.48. The largest absolute Gasteiger partial charge is 0.505 e. The van der Waals surface area contributed by atoms with Crippen LogP contribution in [0.2, 0.25) is 5.02 Å². The number of hydrogen-bond acceptors (Lipinski definition) is 8. The Labute approximate surface area is 290 Å². The van der Waals surface area contributed by atoms with Crippen molar-refractivity contribution >= 4 is 50.7 Å². The lowest BCUT2D eigenvalue weighted by atomic mass is 9.71. The average Bonchev–Trinajstić information content (AvgIpc) is 3.67. The van der Waals surface area contributed by atoms with Gasteiger partial charge >= 0.3 is 10.2 Å². The van der Waals surface area contributed by atoms with Gasteiger partial charge in [0.25, 0.3) is 11.5 Å². The molecule has 1 spiro atoms. The number of rotatable bonds is 6. The van der Waals surface area contributed by atoms with Crippen LogP contribution in [0, 0.1) is 5.92 Å². The van der Waals surface area contributed by atoms with Crippen LogP contribution in [0.4, 0.5) is 25.1 Å². The van der Waals surface area contributed by atoms with Gasteiger partial charge in [-0.2, -0.15) is 9.50 Å². The van der Waals surface area contributed by atoms with Gasteiger partial charge in [0, 0.05) is 41.9 Å². The summed E-state index contributed by atoms with van der Waals surface area (Å²) in [6.45, 7) is 0.851. The highest BCUT2D eigenvalue weighted by molar-refractivity contribution is 8.45. The maximum atomic E-state index is 14.4. The Morgan fingerprint density at radius 1 is 1.14 bits per heavy atom. The maximum Gasteiger partial charge on any atom is 0.310 e. The van der Waals surface area contributed by atoms with Crippen molar-refractivity contribution in [1.82, 2.24) is 29.0 Å². The molecule has 270 valence electrons. The number of halogens is 6. The van der Waals surface area contributed by atoms with Gasteiger partial charge in [0.2, 0.25) is 11.7 Å². The van der Waals surface area contributed by atoms with Crippen LogP contribution < -0.4 is 10.9 Å². The maximum absolute atomic E-state index is 14.4. The number of ether oxygens (including phenoxy) is 1. The van der Waals surface area contributed by atoms with Crippen molar-refractivity contribution in [3.05, 3.63) is 80.8 Å². The van der Waals surface area contributed by atoms with Gasteiger partial charge in [-0.15, -0.1) is 5.10 Å². The molecule has 8 rings (SSSR count). The van der Waals surface area contributed by atoms with Gasteiger partial charge < -0.3 is 24.6 Å². The molecule has 12 nitrogen and oxygen atoms in total. The van der Waals surface area contributed by atoms with Crippen LogP contribution in [0.15, 0.2) is 52.3 Å². The zero-order valence-corrected chi connectivity index (χ0v) is 28.1. The number of carbonyl (C=O) groups excluding carboxylic acids is 2. The summed E-state index contributed by atoms with van der Waals surface area (Å²) in [7, 11) is -10.0. The van der Waals surface area contributed by atoms with E-state index in [1.807, 2.05) is 0 Å². The smallest absolute Gasteiger partial charge is 0.310 e. The van der Waals surface area contributed by atoms with Crippen LogP contribution in [0.25, 0.3) is 11.4 Å². The van der Waals surface area contributed by atoms with E-state index in [1.165, 1.54) is 18.3 Å². The summed E-state index contributed by atoms with van der Waals surface area (Å²) in [6, 6.07) is 3.80. The van der Waals surface area contributed by atoms with Crippen molar-refractivity contribution in [3.63, 3.8) is 0 Å². The molecule has 2 aliphatic carbocycles. The fourth-order valence-electron chi connectivity index (χ4n) is 7.85. The van der Waals surface area contributed by atoms with Crippen molar-refractivity contribution in [2.45, 2.75) is 48.5 Å². The summed E-state index contributed by atoms with van der Waals surface area (Å²) in [4.78, 5) is 49.3. The fraction of sp³-hybridized carbons (Fsp3) is 0.375. The number of nitrogens with one attached hydrogen (secondary N) is 1. The molecule has 1 aromatic carbocycles. The van der Waals surface area contributed by atoms with E-state index in [2.05, 4.69) is 20.4 Å². The summed E-state index contributed by atoms with van der Waals surface area (Å²) < 4.78 is 75.0. The monoisotopic (exact) mass is 753 g/mol. The highest BCUT2D eigenvalue weighted by Gasteiger charge is 2.66. The number of benzene rings is 1. The number of likely N-dealkylation sites (tertiary alicyclic amines) is 1. The molecule has 2 fully saturated rings. The second kappa shape index (κ2) is 10.7. The summed E-state index contributed by atoms with van der Waals surface area (Å²) >= 11 is 5.95. The third-order valence-electron chi connectivity index (χ3n) is 10.3. The van der Waals surface area contributed by atoms with Crippen LogP contribution in [0.5, 0.6) is 5.75 Å². The molecule has 2 amide bonds. The molecule has 19 heteroatoms. The van der Waals surface area contributed by atoms with Gasteiger partial charge in [-0.1, -0.05) is 37.1 Å². The minimum atomic E-state index is -10.0. The van der Waals surface area contributed by atoms with Crippen LogP contribution in [-0.2, 0) is 21.5 Å². The zero-order valence-electron chi connectivity index (χ0n) is 26.5. The van der Waals surface area contributed by atoms with Crippen LogP contribution in [0.1, 0.15) is 59.2 Å². The van der Waals surface area contributed by atoms with E-state index in [-0.39, 0.29) is 65.8 Å². The Bertz CT molecular complexity index is 2270. The number of hydrogen-bond donors (Lipinski definition) is 2. The number of anilines is 1. The first-order chi connectivity index (χ1) is 23.9. The fourth-order valence-corrected chi connectivity index (χ4v) is 8.81. The van der Waals surface area contributed by atoms with Crippen molar-refractivity contribution < 1.29 is 38.9 Å². The summed E-state index contributed by atoms with van der Waals surface area (Å²) in [5, 5.41) is 16.4. The Hall–Kier alpha value is -4.55. The van der Waals surface area contributed by atoms with Crippen molar-refractivity contribution in [2.24, 2.45) is 5.92 Å². The van der Waals surface area contributed by atoms with Gasteiger partial charge in [0.05, 0.1) is 23.9 Å². The molecule has 0 bridgehead atoms. The third-order valence-corrected chi connectivity index (χ3v) is 11.7. The van der Waals surface area contributed by atoms with Gasteiger partial charge in [-0.05, 0) is 67.5 Å². The predicted octanol–water partition coefficient (Wildman–Crippen LogP) is 6.04. The molecule has 5 heterocycles. The average molecular weight is 754 g/mol. The standard InChI is InChI=1S/C32H29ClF5N7O5S/c33-21-14-18(51(34,35,36,37)38)3-4-22(21)40-24(47)16-44-27-19-15-20(19)32(7-10-43(11-8-32)30(49)26-23(46)2-1-9-39-26)25(27)29(48)45-31(44)41-28(42-45)17-5-12-50-13-6-17/h1-5,9,14,19-20,46H,6-8,10-13,15-16H2,(H,40,47)/t19-,20+/m0/s1. The third kappa shape index (κ3) is 5.63. The minimum absolute atomic E-state index is 0.0359. The van der Waals surface area contributed by atoms with Gasteiger partial charge in [-0.25, -0.2) is 4.98 Å². The summed E-state index contributed by atoms with van der Waals surface area (Å²) in [6.07, 6.45) is 5.26. The van der Waals surface area contributed by atoms with E-state index in [4.69, 9.17) is 16.3 Å². The summed E-state index contributed by atoms with van der Waals surface area (Å²) in [5.74, 6) is -1.15. The lowest BCUT2D eigenvalue weighted by molar-refractivity contribution is -0.116. The van der Waals surface area contributed by atoms with Crippen molar-refractivity contribution in [3.8, 4) is 5.75 Å². The highest BCUT2D eigenvalue weighted by Crippen LogP contribution is 3.02. The molecular weight excluding hydrogens is 725 g/mol. The molecule has 3 aromatic heterocycles. The van der Waals surface area contributed by atoms with Crippen LogP contribution >= 0.6 is 21.8 Å². The zero-order chi connectivity index (χ0) is 36.1. The number of aromatic hydroxyl groups is 1. The second-order valence-electron chi connectivity index (χ2n) is 13.3. The van der Waals surface area contributed by atoms with Crippen molar-refractivity contribution in [1.29, 1.82) is 0 Å². The first-order valence-corrected chi connectivity index (χ1v) is 18.4. The van der Waals surface area contributed by atoms with Crippen molar-refractivity contribution in [2.75, 3.05) is 31.6 Å². The summed E-state index contributed by atoms with van der Waals surface area (Å²) in [5.41, 5.74) is 0.380. The van der Waals surface area contributed by atoms with Gasteiger partial charge in [-0.3, -0.25) is 14.4 Å². The Balaban J connectivity index is 1.16. The molecule has 0 unspecified atom stereocenters. The molecule has 1 saturated heterocycles. The van der Waals surface area contributed by atoms with E-state index in [0.29, 0.717) is 56.2 Å². The topological polar surface area (TPSA) is 144 Å². The number of aromatic nitrogens is 5. The number of carbonyl (C=O) groups is 2. The number of pyridine rings is 1. The number of piperidine rings is 1. The van der Waals surface area contributed by atoms with E-state index in [1.54, 1.807) is 15.5 Å². The molecule has 2 aliphatic heterocycles. The lowest BCUT2D eigenvalue weighted by Gasteiger charge is -2.41. The SMILES string of the molecule is O=C(Cn1c2c(c(=O)n3nc(C4=CCOCC4)nc13)C1(CCN(C(=O)c3ncccc3O)CC1)[C@@H]1C[C@H]21)Nc1ccc(S(F)(F)(F)(F)F)cc1Cl. The number of amides is 2. The van der Waals surface area contributed by atoms with E-state index in [0.717, 1.165) is 10.1 Å². The first kappa shape index (κ1) is 33.6. The molecule has 2 atom stereocenters. The molecule has 51 heavy (non-hydrogen) atoms. The number of nitrogens with zero attached hydrogens (tertiary/aromatic N) is 6. The van der Waals surface area contributed by atoms with Crippen LogP contribution in [-0.4, -0.2) is 72.3 Å².